The van der Waals surface area contributed by atoms with Crippen LogP contribution in [0.5, 0.6) is 0 Å². The normalized spacial score (nSPS) is 13.4. The van der Waals surface area contributed by atoms with Crippen molar-refractivity contribution in [3.63, 3.8) is 0 Å². The average Bonchev–Trinajstić information content (AvgIpc) is 2.67. The van der Waals surface area contributed by atoms with Gasteiger partial charge in [0, 0.05) is 17.6 Å². The first kappa shape index (κ1) is 15.6. The number of rotatable bonds is 3. The van der Waals surface area contributed by atoms with E-state index < -0.39 is 24.5 Å². The third-order valence-corrected chi connectivity index (χ3v) is 3.10. The molecule has 0 saturated heterocycles. The van der Waals surface area contributed by atoms with Crippen LogP contribution in [0.4, 0.5) is 13.2 Å². The molecule has 0 aliphatic carbocycles. The highest BCUT2D eigenvalue weighted by atomic mass is 35.5. The molecule has 1 aromatic heterocycles. The molecule has 5 nitrogen and oxygen atoms in total. The third kappa shape index (κ3) is 3.27. The van der Waals surface area contributed by atoms with Gasteiger partial charge in [-0.25, -0.2) is 9.48 Å². The van der Waals surface area contributed by atoms with E-state index in [0.717, 1.165) is 9.25 Å². The molecule has 0 spiro atoms. The molecule has 0 unspecified atom stereocenters. The fourth-order valence-electron chi connectivity index (χ4n) is 1.76. The molecule has 9 heteroatoms. The molecule has 2 aromatic rings. The lowest BCUT2D eigenvalue weighted by atomic mass is 10.2. The molecule has 0 saturated carbocycles. The van der Waals surface area contributed by atoms with Gasteiger partial charge in [-0.1, -0.05) is 11.6 Å². The van der Waals surface area contributed by atoms with E-state index in [4.69, 9.17) is 16.7 Å². The molecule has 1 heterocycles. The molecular formula is C12H11ClF3N3O2. The van der Waals surface area contributed by atoms with Crippen molar-refractivity contribution in [3.05, 3.63) is 39.8 Å². The Morgan fingerprint density at radius 3 is 2.43 bits per heavy atom. The molecule has 0 radical (unpaired) electrons. The van der Waals surface area contributed by atoms with Crippen molar-refractivity contribution in [1.29, 1.82) is 0 Å². The summed E-state index contributed by atoms with van der Waals surface area (Å²) in [4.78, 5) is 11.9. The van der Waals surface area contributed by atoms with Crippen LogP contribution in [0.1, 0.15) is 0 Å². The highest BCUT2D eigenvalue weighted by Crippen LogP contribution is 2.23. The molecule has 1 atom stereocenters. The molecule has 0 amide bonds. The van der Waals surface area contributed by atoms with E-state index in [9.17, 15) is 18.0 Å². The van der Waals surface area contributed by atoms with Crippen LogP contribution in [0.2, 0.25) is 5.02 Å². The Labute approximate surface area is 122 Å². The van der Waals surface area contributed by atoms with E-state index in [2.05, 4.69) is 5.10 Å². The van der Waals surface area contributed by atoms with Crippen LogP contribution in [0, 0.1) is 0 Å². The summed E-state index contributed by atoms with van der Waals surface area (Å²) < 4.78 is 39.0. The molecule has 1 aromatic carbocycles. The number of hydrogen-bond acceptors (Lipinski definition) is 3. The molecule has 21 heavy (non-hydrogen) atoms. The zero-order valence-electron chi connectivity index (χ0n) is 10.8. The fourth-order valence-corrected chi connectivity index (χ4v) is 1.88. The zero-order valence-corrected chi connectivity index (χ0v) is 11.6. The molecule has 0 aliphatic rings. The maximum atomic E-state index is 12.5. The average molecular weight is 322 g/mol. The van der Waals surface area contributed by atoms with E-state index in [1.54, 1.807) is 0 Å². The molecule has 0 aliphatic heterocycles. The minimum atomic E-state index is -4.81. The van der Waals surface area contributed by atoms with Gasteiger partial charge in [0.2, 0.25) is 0 Å². The predicted octanol–water partition coefficient (Wildman–Crippen LogP) is 1.83. The maximum absolute atomic E-state index is 12.5. The van der Waals surface area contributed by atoms with Crippen LogP contribution in [-0.4, -0.2) is 31.7 Å². The van der Waals surface area contributed by atoms with Crippen molar-refractivity contribution >= 4 is 11.6 Å². The number of hydrogen-bond donors (Lipinski definition) is 1. The van der Waals surface area contributed by atoms with Crippen LogP contribution < -0.4 is 5.69 Å². The van der Waals surface area contributed by atoms with Gasteiger partial charge in [0.25, 0.3) is 0 Å². The van der Waals surface area contributed by atoms with Gasteiger partial charge < -0.3 is 5.11 Å². The largest absolute Gasteiger partial charge is 0.416 e. The van der Waals surface area contributed by atoms with Gasteiger partial charge >= 0.3 is 11.9 Å². The van der Waals surface area contributed by atoms with Crippen LogP contribution in [-0.2, 0) is 13.6 Å². The second-order valence-electron chi connectivity index (χ2n) is 4.40. The molecule has 0 fully saturated rings. The van der Waals surface area contributed by atoms with E-state index >= 15 is 0 Å². The van der Waals surface area contributed by atoms with Crippen molar-refractivity contribution in [1.82, 2.24) is 14.3 Å². The SMILES string of the molecule is Cn1nc(-c2ccc(Cl)cc2)n(C[C@@H](O)C(F)(F)F)c1=O. The first-order chi connectivity index (χ1) is 9.70. The van der Waals surface area contributed by atoms with Crippen LogP contribution >= 0.6 is 11.6 Å². The summed E-state index contributed by atoms with van der Waals surface area (Å²) in [5.74, 6) is 0.0301. The lowest BCUT2D eigenvalue weighted by Gasteiger charge is -2.15. The Kier molecular flexibility index (Phi) is 4.11. The highest BCUT2D eigenvalue weighted by Gasteiger charge is 2.39. The molecular weight excluding hydrogens is 311 g/mol. The van der Waals surface area contributed by atoms with Gasteiger partial charge in [0.1, 0.15) is 0 Å². The van der Waals surface area contributed by atoms with Gasteiger partial charge in [-0.15, -0.1) is 5.10 Å². The number of halogens is 4. The van der Waals surface area contributed by atoms with Gasteiger partial charge in [0.15, 0.2) is 11.9 Å². The summed E-state index contributed by atoms with van der Waals surface area (Å²) in [6.07, 6.45) is -7.46. The smallest absolute Gasteiger partial charge is 0.382 e. The van der Waals surface area contributed by atoms with E-state index in [-0.39, 0.29) is 5.82 Å². The number of aromatic nitrogens is 3. The highest BCUT2D eigenvalue weighted by molar-refractivity contribution is 6.30. The van der Waals surface area contributed by atoms with Crippen molar-refractivity contribution in [2.24, 2.45) is 7.05 Å². The maximum Gasteiger partial charge on any atom is 0.416 e. The molecule has 1 N–H and O–H groups in total. The number of aliphatic hydroxyl groups excluding tert-OH is 1. The van der Waals surface area contributed by atoms with Crippen molar-refractivity contribution in [3.8, 4) is 11.4 Å². The summed E-state index contributed by atoms with van der Waals surface area (Å²) in [6, 6.07) is 6.11. The quantitative estimate of drug-likeness (QED) is 0.938. The summed E-state index contributed by atoms with van der Waals surface area (Å²) in [5, 5.41) is 13.5. The second kappa shape index (κ2) is 5.53. The van der Waals surface area contributed by atoms with Gasteiger partial charge in [-0.2, -0.15) is 13.2 Å². The third-order valence-electron chi connectivity index (χ3n) is 2.84. The molecule has 0 bridgehead atoms. The Morgan fingerprint density at radius 1 is 1.33 bits per heavy atom. The summed E-state index contributed by atoms with van der Waals surface area (Å²) in [6.45, 7) is -0.922. The monoisotopic (exact) mass is 321 g/mol. The first-order valence-electron chi connectivity index (χ1n) is 5.84. The molecule has 114 valence electrons. The topological polar surface area (TPSA) is 60.1 Å². The van der Waals surface area contributed by atoms with Crippen molar-refractivity contribution in [2.45, 2.75) is 18.8 Å². The second-order valence-corrected chi connectivity index (χ2v) is 4.84. The zero-order chi connectivity index (χ0) is 15.8. The van der Waals surface area contributed by atoms with Crippen LogP contribution in [0.25, 0.3) is 11.4 Å². The number of nitrogens with zero attached hydrogens (tertiary/aromatic N) is 3. The van der Waals surface area contributed by atoms with Gasteiger partial charge in [0.05, 0.1) is 6.54 Å². The Hall–Kier alpha value is -1.80. The first-order valence-corrected chi connectivity index (χ1v) is 6.22. The van der Waals surface area contributed by atoms with Crippen LogP contribution in [0.15, 0.2) is 29.1 Å². The number of benzene rings is 1. The minimum absolute atomic E-state index is 0.0301. The Morgan fingerprint density at radius 2 is 1.90 bits per heavy atom. The fraction of sp³-hybridized carbons (Fsp3) is 0.333. The number of aliphatic hydroxyl groups is 1. The van der Waals surface area contributed by atoms with E-state index in [1.807, 2.05) is 0 Å². The lowest BCUT2D eigenvalue weighted by molar-refractivity contribution is -0.207. The summed E-state index contributed by atoms with van der Waals surface area (Å²) >= 11 is 5.74. The van der Waals surface area contributed by atoms with Gasteiger partial charge in [-0.3, -0.25) is 4.57 Å². The number of alkyl halides is 3. The van der Waals surface area contributed by atoms with Crippen molar-refractivity contribution < 1.29 is 18.3 Å². The van der Waals surface area contributed by atoms with Crippen LogP contribution in [0.3, 0.4) is 0 Å². The van der Waals surface area contributed by atoms with E-state index in [0.29, 0.717) is 10.6 Å². The Bertz CT molecular complexity index is 691. The Balaban J connectivity index is 2.46. The standard InChI is InChI=1S/C12H11ClF3N3O2/c1-18-11(21)19(6-9(20)12(14,15)16)10(17-18)7-2-4-8(13)5-3-7/h2-5,9,20H,6H2,1H3/t9-/m1/s1. The lowest BCUT2D eigenvalue weighted by Crippen LogP contribution is -2.36. The van der Waals surface area contributed by atoms with Crippen molar-refractivity contribution in [2.75, 3.05) is 0 Å². The van der Waals surface area contributed by atoms with E-state index in [1.165, 1.54) is 31.3 Å². The minimum Gasteiger partial charge on any atom is -0.382 e. The number of aryl methyl sites for hydroxylation is 1. The van der Waals surface area contributed by atoms with Gasteiger partial charge in [-0.05, 0) is 24.3 Å². The summed E-state index contributed by atoms with van der Waals surface area (Å²) in [5.41, 5.74) is -0.324. The molecule has 2 rings (SSSR count). The summed E-state index contributed by atoms with van der Waals surface area (Å²) in [7, 11) is 1.32. The predicted molar refractivity (Wildman–Crippen MR) is 70.0 cm³/mol.